The van der Waals surface area contributed by atoms with Crippen LogP contribution in [0.25, 0.3) is 0 Å². The van der Waals surface area contributed by atoms with E-state index < -0.39 is 11.4 Å². The number of hydrogen-bond donors (Lipinski definition) is 2. The molecule has 3 rings (SSSR count). The van der Waals surface area contributed by atoms with Gasteiger partial charge in [0, 0.05) is 38.1 Å². The van der Waals surface area contributed by atoms with E-state index in [2.05, 4.69) is 10.2 Å². The third-order valence-electron chi connectivity index (χ3n) is 5.14. The Bertz CT molecular complexity index is 824. The monoisotopic (exact) mass is 367 g/mol. The Morgan fingerprint density at radius 2 is 1.81 bits per heavy atom. The number of carbonyl (C=O) groups is 2. The molecule has 1 unspecified atom stereocenters. The van der Waals surface area contributed by atoms with Crippen LogP contribution in [0.2, 0.25) is 0 Å². The summed E-state index contributed by atoms with van der Waals surface area (Å²) in [6, 6.07) is 17.5. The van der Waals surface area contributed by atoms with Crippen molar-refractivity contribution in [2.24, 2.45) is 5.41 Å². The van der Waals surface area contributed by atoms with E-state index in [-0.39, 0.29) is 12.6 Å². The Labute approximate surface area is 159 Å². The maximum atomic E-state index is 12.6. The smallest absolute Gasteiger partial charge is 0.321 e. The van der Waals surface area contributed by atoms with Gasteiger partial charge in [-0.15, -0.1) is 0 Å². The Morgan fingerprint density at radius 1 is 1.15 bits per heavy atom. The van der Waals surface area contributed by atoms with E-state index >= 15 is 0 Å². The standard InChI is InChI=1S/C21H25N3O3/c1-21(19(25)26)12-13-24(15-21)20(27)22-18-11-7-6-8-16(18)14-23(2)17-9-4-3-5-10-17/h3-11H,12-15H2,1-2H3,(H,22,27)(H,25,26). The first-order valence-corrected chi connectivity index (χ1v) is 9.02. The van der Waals surface area contributed by atoms with Gasteiger partial charge < -0.3 is 20.2 Å². The molecule has 0 radical (unpaired) electrons. The normalized spacial score (nSPS) is 19.0. The van der Waals surface area contributed by atoms with E-state index in [0.29, 0.717) is 19.5 Å². The van der Waals surface area contributed by atoms with Crippen LogP contribution in [0.3, 0.4) is 0 Å². The topological polar surface area (TPSA) is 72.9 Å². The lowest BCUT2D eigenvalue weighted by molar-refractivity contribution is -0.146. The van der Waals surface area contributed by atoms with Crippen molar-refractivity contribution in [3.63, 3.8) is 0 Å². The highest BCUT2D eigenvalue weighted by atomic mass is 16.4. The van der Waals surface area contributed by atoms with Crippen molar-refractivity contribution in [2.75, 3.05) is 30.4 Å². The van der Waals surface area contributed by atoms with Crippen molar-refractivity contribution in [3.05, 3.63) is 60.2 Å². The third-order valence-corrected chi connectivity index (χ3v) is 5.14. The first-order chi connectivity index (χ1) is 12.9. The first-order valence-electron chi connectivity index (χ1n) is 9.02. The SMILES string of the molecule is CN(Cc1ccccc1NC(=O)N1CCC(C)(C(=O)O)C1)c1ccccc1. The summed E-state index contributed by atoms with van der Waals surface area (Å²) in [6.07, 6.45) is 0.466. The van der Waals surface area contributed by atoms with Crippen LogP contribution in [0, 0.1) is 5.41 Å². The average Bonchev–Trinajstić information content (AvgIpc) is 3.08. The molecule has 0 aliphatic carbocycles. The number of rotatable bonds is 5. The van der Waals surface area contributed by atoms with Gasteiger partial charge in [-0.3, -0.25) is 4.79 Å². The zero-order valence-electron chi connectivity index (χ0n) is 15.7. The fourth-order valence-electron chi connectivity index (χ4n) is 3.31. The highest BCUT2D eigenvalue weighted by molar-refractivity contribution is 5.91. The van der Waals surface area contributed by atoms with Crippen LogP contribution in [-0.2, 0) is 11.3 Å². The highest BCUT2D eigenvalue weighted by Gasteiger charge is 2.42. The molecule has 1 fully saturated rings. The van der Waals surface area contributed by atoms with Crippen molar-refractivity contribution in [1.29, 1.82) is 0 Å². The summed E-state index contributed by atoms with van der Waals surface area (Å²) in [4.78, 5) is 27.7. The van der Waals surface area contributed by atoms with Crippen LogP contribution in [0.15, 0.2) is 54.6 Å². The molecule has 1 atom stereocenters. The molecule has 0 saturated carbocycles. The number of nitrogens with zero attached hydrogens (tertiary/aromatic N) is 2. The summed E-state index contributed by atoms with van der Waals surface area (Å²) in [6.45, 7) is 3.00. The van der Waals surface area contributed by atoms with Crippen LogP contribution in [0.5, 0.6) is 0 Å². The highest BCUT2D eigenvalue weighted by Crippen LogP contribution is 2.30. The molecule has 27 heavy (non-hydrogen) atoms. The molecule has 1 aliphatic heterocycles. The van der Waals surface area contributed by atoms with E-state index in [1.807, 2.05) is 61.6 Å². The third kappa shape index (κ3) is 4.22. The molecular formula is C21H25N3O3. The largest absolute Gasteiger partial charge is 0.481 e. The van der Waals surface area contributed by atoms with E-state index in [9.17, 15) is 14.7 Å². The number of carboxylic acid groups (broad SMARTS) is 1. The molecule has 2 aromatic rings. The summed E-state index contributed by atoms with van der Waals surface area (Å²) in [5, 5.41) is 12.3. The number of para-hydroxylation sites is 2. The van der Waals surface area contributed by atoms with Gasteiger partial charge in [0.25, 0.3) is 0 Å². The summed E-state index contributed by atoms with van der Waals surface area (Å²) < 4.78 is 0. The number of anilines is 2. The Kier molecular flexibility index (Phi) is 5.35. The molecule has 1 saturated heterocycles. The molecule has 2 N–H and O–H groups in total. The van der Waals surface area contributed by atoms with E-state index in [1.165, 1.54) is 0 Å². The minimum Gasteiger partial charge on any atom is -0.481 e. The maximum Gasteiger partial charge on any atom is 0.321 e. The Morgan fingerprint density at radius 3 is 2.48 bits per heavy atom. The van der Waals surface area contributed by atoms with Crippen LogP contribution in [0.4, 0.5) is 16.2 Å². The predicted octanol–water partition coefficient (Wildman–Crippen LogP) is 3.65. The molecule has 2 aromatic carbocycles. The van der Waals surface area contributed by atoms with Gasteiger partial charge in [-0.2, -0.15) is 0 Å². The lowest BCUT2D eigenvalue weighted by Crippen LogP contribution is -2.37. The zero-order valence-corrected chi connectivity index (χ0v) is 15.7. The molecule has 0 spiro atoms. The quantitative estimate of drug-likeness (QED) is 0.846. The van der Waals surface area contributed by atoms with Crippen LogP contribution < -0.4 is 10.2 Å². The molecule has 0 bridgehead atoms. The molecule has 1 heterocycles. The molecular weight excluding hydrogens is 342 g/mol. The minimum absolute atomic E-state index is 0.222. The number of aliphatic carboxylic acids is 1. The van der Waals surface area contributed by atoms with Crippen molar-refractivity contribution >= 4 is 23.4 Å². The van der Waals surface area contributed by atoms with E-state index in [4.69, 9.17) is 0 Å². The zero-order chi connectivity index (χ0) is 19.4. The molecule has 2 amide bonds. The lowest BCUT2D eigenvalue weighted by atomic mass is 9.90. The van der Waals surface area contributed by atoms with Gasteiger partial charge in [-0.1, -0.05) is 36.4 Å². The van der Waals surface area contributed by atoms with Crippen molar-refractivity contribution in [2.45, 2.75) is 19.9 Å². The van der Waals surface area contributed by atoms with Gasteiger partial charge in [-0.05, 0) is 37.1 Å². The van der Waals surface area contributed by atoms with Crippen LogP contribution in [-0.4, -0.2) is 42.1 Å². The summed E-state index contributed by atoms with van der Waals surface area (Å²) >= 11 is 0. The molecule has 0 aromatic heterocycles. The Hall–Kier alpha value is -3.02. The van der Waals surface area contributed by atoms with Gasteiger partial charge in [0.2, 0.25) is 0 Å². The number of hydrogen-bond acceptors (Lipinski definition) is 3. The van der Waals surface area contributed by atoms with Crippen LogP contribution >= 0.6 is 0 Å². The van der Waals surface area contributed by atoms with Crippen molar-refractivity contribution in [1.82, 2.24) is 4.90 Å². The number of nitrogens with one attached hydrogen (secondary N) is 1. The van der Waals surface area contributed by atoms with Gasteiger partial charge in [0.05, 0.1) is 5.41 Å². The number of amides is 2. The second-order valence-corrected chi connectivity index (χ2v) is 7.32. The second-order valence-electron chi connectivity index (χ2n) is 7.32. The summed E-state index contributed by atoms with van der Waals surface area (Å²) in [7, 11) is 2.01. The van der Waals surface area contributed by atoms with Crippen molar-refractivity contribution < 1.29 is 14.7 Å². The number of carboxylic acids is 1. The van der Waals surface area contributed by atoms with Gasteiger partial charge >= 0.3 is 12.0 Å². The summed E-state index contributed by atoms with van der Waals surface area (Å²) in [5.41, 5.74) is 1.96. The predicted molar refractivity (Wildman–Crippen MR) is 106 cm³/mol. The fraction of sp³-hybridized carbons (Fsp3) is 0.333. The van der Waals surface area contributed by atoms with E-state index in [0.717, 1.165) is 16.9 Å². The Balaban J connectivity index is 1.69. The molecule has 1 aliphatic rings. The number of carbonyl (C=O) groups excluding carboxylic acids is 1. The first kappa shape index (κ1) is 18.8. The second kappa shape index (κ2) is 7.70. The minimum atomic E-state index is -0.871. The van der Waals surface area contributed by atoms with Gasteiger partial charge in [0.1, 0.15) is 0 Å². The van der Waals surface area contributed by atoms with Gasteiger partial charge in [0.15, 0.2) is 0 Å². The number of urea groups is 1. The molecule has 142 valence electrons. The van der Waals surface area contributed by atoms with E-state index in [1.54, 1.807) is 11.8 Å². The summed E-state index contributed by atoms with van der Waals surface area (Å²) in [5.74, 6) is -0.859. The number of benzene rings is 2. The lowest BCUT2D eigenvalue weighted by Gasteiger charge is -2.23. The molecule has 6 heteroatoms. The van der Waals surface area contributed by atoms with Crippen molar-refractivity contribution in [3.8, 4) is 0 Å². The van der Waals surface area contributed by atoms with Gasteiger partial charge in [-0.25, -0.2) is 4.79 Å². The fourth-order valence-corrected chi connectivity index (χ4v) is 3.31. The number of likely N-dealkylation sites (tertiary alicyclic amines) is 1. The maximum absolute atomic E-state index is 12.6. The average molecular weight is 367 g/mol. The molecule has 6 nitrogen and oxygen atoms in total. The van der Waals surface area contributed by atoms with Crippen LogP contribution in [0.1, 0.15) is 18.9 Å².